The smallest absolute Gasteiger partial charge is 0.407 e. The van der Waals surface area contributed by atoms with Gasteiger partial charge in [0.05, 0.1) is 72.3 Å². The van der Waals surface area contributed by atoms with Gasteiger partial charge in [0.25, 0.3) is 0 Å². The van der Waals surface area contributed by atoms with Crippen molar-refractivity contribution in [3.8, 4) is 0 Å². The summed E-state index contributed by atoms with van der Waals surface area (Å²) in [5.41, 5.74) is 0. The van der Waals surface area contributed by atoms with Crippen molar-refractivity contribution in [2.24, 2.45) is 0 Å². The first-order chi connectivity index (χ1) is 37.9. The van der Waals surface area contributed by atoms with Crippen LogP contribution in [0.25, 0.3) is 0 Å². The summed E-state index contributed by atoms with van der Waals surface area (Å²) in [5.74, 6) is -1.97. The number of alkyl carbamates (subject to hydrolysis) is 4. The molecule has 24 nitrogen and oxygen atoms in total. The summed E-state index contributed by atoms with van der Waals surface area (Å²) >= 11 is 0. The summed E-state index contributed by atoms with van der Waals surface area (Å²) in [6, 6.07) is -3.54. The van der Waals surface area contributed by atoms with Crippen LogP contribution in [0.3, 0.4) is 0 Å². The van der Waals surface area contributed by atoms with Gasteiger partial charge in [0.1, 0.15) is 18.1 Å². The third-order valence-corrected chi connectivity index (χ3v) is 10.0. The molecule has 0 bridgehead atoms. The zero-order chi connectivity index (χ0) is 57.5. The lowest BCUT2D eigenvalue weighted by Gasteiger charge is -2.25. The minimum Gasteiger partial charge on any atom is -0.459 e. The summed E-state index contributed by atoms with van der Waals surface area (Å²) in [6.45, 7) is 9.07. The number of unbranched alkanes of at least 4 members (excludes halogenated alkanes) is 3. The summed E-state index contributed by atoms with van der Waals surface area (Å²) in [6.07, 6.45) is 0.871. The van der Waals surface area contributed by atoms with Gasteiger partial charge in [-0.2, -0.15) is 0 Å². The number of carbonyl (C=O) groups is 7. The lowest BCUT2D eigenvalue weighted by Crippen LogP contribution is -2.57. The Morgan fingerprint density at radius 3 is 1.16 bits per heavy atom. The van der Waals surface area contributed by atoms with Gasteiger partial charge in [-0.25, -0.2) is 19.2 Å². The fourth-order valence-corrected chi connectivity index (χ4v) is 6.41. The molecule has 74 heavy (non-hydrogen) atoms. The van der Waals surface area contributed by atoms with E-state index in [1.165, 1.54) is 0 Å². The molecule has 0 rings (SSSR count). The molecule has 0 aromatic heterocycles. The molecule has 0 aliphatic rings. The van der Waals surface area contributed by atoms with Gasteiger partial charge in [-0.1, -0.05) is 27.2 Å². The highest BCUT2D eigenvalue weighted by Crippen LogP contribution is 2.09. The van der Waals surface area contributed by atoms with Gasteiger partial charge in [0.15, 0.2) is 35.4 Å². The molecule has 3 unspecified atom stereocenters. The van der Waals surface area contributed by atoms with E-state index in [1.54, 1.807) is 0 Å². The van der Waals surface area contributed by atoms with Crippen LogP contribution in [0.5, 0.6) is 0 Å². The maximum atomic E-state index is 14.2. The van der Waals surface area contributed by atoms with Crippen LogP contribution in [0.1, 0.15) is 90.0 Å². The third-order valence-electron chi connectivity index (χ3n) is 10.0. The summed E-state index contributed by atoms with van der Waals surface area (Å²) in [7, 11) is 1.44. The average Bonchev–Trinajstić information content (AvgIpc) is 3.42. The van der Waals surface area contributed by atoms with Gasteiger partial charge in [-0.3, -0.25) is 14.4 Å². The predicted molar refractivity (Wildman–Crippen MR) is 286 cm³/mol. The highest BCUT2D eigenvalue weighted by atomic mass is 16.7. The molecule has 3 atom stereocenters. The van der Waals surface area contributed by atoms with Crippen LogP contribution in [0.15, 0.2) is 0 Å². The monoisotopic (exact) mass is 1070 g/mol. The number of ether oxygens (including phenoxy) is 10. The van der Waals surface area contributed by atoms with Crippen LogP contribution in [-0.4, -0.2) is 214 Å². The number of rotatable bonds is 49. The number of amides is 7. The lowest BCUT2D eigenvalue weighted by atomic mass is 9.85. The Morgan fingerprint density at radius 2 is 0.757 bits per heavy atom. The van der Waals surface area contributed by atoms with Crippen molar-refractivity contribution in [1.82, 2.24) is 37.2 Å². The third kappa shape index (κ3) is 41.8. The van der Waals surface area contributed by atoms with E-state index < -0.39 is 60.2 Å². The largest absolute Gasteiger partial charge is 0.459 e. The molecule has 0 saturated heterocycles. The molecule has 0 spiro atoms. The van der Waals surface area contributed by atoms with Crippen LogP contribution in [0.2, 0.25) is 27.2 Å². The maximum Gasteiger partial charge on any atom is 0.407 e. The van der Waals surface area contributed by atoms with E-state index in [4.69, 9.17) is 52.9 Å². The first-order valence-corrected chi connectivity index (χ1v) is 26.2. The zero-order valence-electron chi connectivity index (χ0n) is 48.4. The first-order valence-electron chi connectivity index (χ1n) is 29.0. The maximum absolute atomic E-state index is 14.2. The average molecular weight is 1070 g/mol. The number of carbonyl (C=O) groups excluding carboxylic acids is 7. The van der Waals surface area contributed by atoms with Gasteiger partial charge < -0.3 is 84.6 Å². The van der Waals surface area contributed by atoms with Crippen LogP contribution in [0.4, 0.5) is 19.2 Å². The molecule has 0 heterocycles. The topological polar surface area (TPSA) is 296 Å². The van der Waals surface area contributed by atoms with Gasteiger partial charge in [-0.05, 0) is 78.1 Å². The minimum atomic E-state index is -1.24. The Morgan fingerprint density at radius 1 is 0.392 bits per heavy atom. The highest BCUT2D eigenvalue weighted by molar-refractivity contribution is 6.34. The Balaban J connectivity index is 5.74. The molecule has 28 heteroatoms. The summed E-state index contributed by atoms with van der Waals surface area (Å²) < 4.78 is 82.7. The first kappa shape index (κ1) is 62.1. The quantitative estimate of drug-likeness (QED) is 0.0193. The fourth-order valence-electron chi connectivity index (χ4n) is 6.41. The number of nitrogens with one attached hydrogen (secondary N) is 7. The van der Waals surface area contributed by atoms with Crippen molar-refractivity contribution in [3.63, 3.8) is 0 Å². The van der Waals surface area contributed by atoms with Gasteiger partial charge in [-0.15, -0.1) is 0 Å². The molecular weight excluding hydrogens is 966 g/mol. The SMILES string of the molecule is [3H]CBCOC(=O)NCCCCC(NC(=O)OCBC[3H])C(=O)NC(CCCCNC(=O)OCBC[3H])C(=O)NC(CCCCNC(=O)OCBC[3H])C(=O)NCCOCCOCCOCCOCCCC(OCC)OCC. The Bertz CT molecular complexity index is 1560. The summed E-state index contributed by atoms with van der Waals surface area (Å²) in [5, 5.41) is 18.7. The van der Waals surface area contributed by atoms with Crippen LogP contribution < -0.4 is 37.2 Å². The van der Waals surface area contributed by atoms with Crippen LogP contribution in [-0.2, 0) is 61.8 Å². The fraction of sp³-hybridized carbons (Fsp3) is 0.848. The Hall–Kier alpha value is -4.49. The number of hydrogen-bond acceptors (Lipinski definition) is 17. The van der Waals surface area contributed by atoms with Gasteiger partial charge >= 0.3 is 24.4 Å². The van der Waals surface area contributed by atoms with Gasteiger partial charge in [0, 0.05) is 57.9 Å². The van der Waals surface area contributed by atoms with E-state index in [0.29, 0.717) is 107 Å². The van der Waals surface area contributed by atoms with Crippen molar-refractivity contribution in [2.45, 2.75) is 136 Å². The molecule has 0 fully saturated rings. The van der Waals surface area contributed by atoms with Gasteiger partial charge in [0.2, 0.25) is 17.7 Å². The zero-order valence-corrected chi connectivity index (χ0v) is 44.4. The lowest BCUT2D eigenvalue weighted by molar-refractivity contribution is -0.141. The minimum absolute atomic E-state index is 0.0138. The Labute approximate surface area is 448 Å². The highest BCUT2D eigenvalue weighted by Gasteiger charge is 2.30. The van der Waals surface area contributed by atoms with E-state index in [0.717, 1.165) is 12.8 Å². The number of hydrogen-bond donors (Lipinski definition) is 7. The van der Waals surface area contributed by atoms with E-state index >= 15 is 0 Å². The molecule has 0 radical (unpaired) electrons. The molecule has 0 aliphatic heterocycles. The van der Waals surface area contributed by atoms with E-state index in [2.05, 4.69) is 37.2 Å². The second-order valence-corrected chi connectivity index (χ2v) is 16.3. The van der Waals surface area contributed by atoms with E-state index in [9.17, 15) is 33.6 Å². The predicted octanol–water partition coefficient (Wildman–Crippen LogP) is 0.871. The van der Waals surface area contributed by atoms with Crippen molar-refractivity contribution >= 4 is 71.2 Å². The Kier molecular flexibility index (Phi) is 42.5. The molecule has 0 aliphatic carbocycles. The van der Waals surface area contributed by atoms with Crippen molar-refractivity contribution in [2.75, 3.05) is 118 Å². The van der Waals surface area contributed by atoms with Crippen molar-refractivity contribution in [1.29, 1.82) is 0 Å². The van der Waals surface area contributed by atoms with Crippen molar-refractivity contribution in [3.05, 3.63) is 0 Å². The molecule has 7 amide bonds. The molecular formula is C46H91B4N7O17. The normalized spacial score (nSPS) is 12.7. The molecule has 7 N–H and O–H groups in total. The van der Waals surface area contributed by atoms with E-state index in [1.807, 2.05) is 13.8 Å². The molecule has 424 valence electrons. The molecule has 0 aromatic carbocycles. The molecule has 0 saturated carbocycles. The second-order valence-electron chi connectivity index (χ2n) is 16.3. The van der Waals surface area contributed by atoms with Crippen LogP contribution in [0, 0.1) is 0 Å². The molecule has 0 aromatic rings. The van der Waals surface area contributed by atoms with Crippen molar-refractivity contribution < 1.29 is 86.4 Å². The summed E-state index contributed by atoms with van der Waals surface area (Å²) in [4.78, 5) is 90.8. The van der Waals surface area contributed by atoms with E-state index in [-0.39, 0.29) is 132 Å². The van der Waals surface area contributed by atoms with Crippen LogP contribution >= 0.6 is 0 Å². The second kappa shape index (κ2) is 50.7. The standard InChI is InChI=1S/C46H91B4N7O17/c1-7-69-39(70-8-2)19-15-24-65-26-28-67-30-31-68-29-27-66-25-23-51-40(58)36(16-9-12-20-52-43(61)71-32-47-3)55-41(59)37(17-10-13-21-53-44(62)72-33-48-4)56-42(60)38(57-46(64)74-35-50-6)18-11-14-22-54-45(63)73-34-49-5/h36-39,47-50H,7-35H2,1-6H3,(H,51,58)(H,52,61)(H,53,62)(H,54,63)(H,55,59)(H,56,60)(H,57,64)/i3T,4T,5T,6T.